The Hall–Kier alpha value is -2.27. The van der Waals surface area contributed by atoms with E-state index in [1.807, 2.05) is 0 Å². The summed E-state index contributed by atoms with van der Waals surface area (Å²) in [5.41, 5.74) is -0.503. The van der Waals surface area contributed by atoms with Gasteiger partial charge in [0.05, 0.1) is 12.7 Å². The van der Waals surface area contributed by atoms with Gasteiger partial charge in [-0.15, -0.1) is 11.3 Å². The van der Waals surface area contributed by atoms with E-state index in [9.17, 15) is 66.7 Å². The fourth-order valence-electron chi connectivity index (χ4n) is 2.90. The molecule has 0 spiro atoms. The maximum absolute atomic E-state index is 14.0. The molecule has 1 aliphatic rings. The zero-order valence-electron chi connectivity index (χ0n) is 16.2. The highest BCUT2D eigenvalue weighted by molar-refractivity contribution is 7.17. The first kappa shape index (κ1) is 28.0. The second kappa shape index (κ2) is 8.15. The average Bonchev–Trinajstić information content (AvgIpc) is 3.26. The summed E-state index contributed by atoms with van der Waals surface area (Å²) in [7, 11) is 0.791. The Morgan fingerprint density at radius 3 is 1.76 bits per heavy atom. The molecule has 0 atom stereocenters. The number of methoxy groups -OCH3 is 1. The van der Waals surface area contributed by atoms with Crippen LogP contribution in [0.25, 0.3) is 0 Å². The predicted molar refractivity (Wildman–Crippen MR) is 87.1 cm³/mol. The van der Waals surface area contributed by atoms with Crippen LogP contribution in [-0.2, 0) is 22.4 Å². The number of halogens is 13. The number of hydrogen-bond donors (Lipinski definition) is 1. The number of fused-ring (bicyclic) bond motifs is 1. The maximum atomic E-state index is 14.0. The van der Waals surface area contributed by atoms with Crippen LogP contribution in [0.5, 0.6) is 0 Å². The highest BCUT2D eigenvalue weighted by Crippen LogP contribution is 2.60. The van der Waals surface area contributed by atoms with Crippen molar-refractivity contribution in [2.45, 2.75) is 55.1 Å². The van der Waals surface area contributed by atoms with E-state index in [4.69, 9.17) is 0 Å². The van der Waals surface area contributed by atoms with Crippen LogP contribution in [0.1, 0.15) is 27.2 Å². The van der Waals surface area contributed by atoms with Crippen LogP contribution in [0, 0.1) is 0 Å². The number of carbonyl (C=O) groups is 2. The van der Waals surface area contributed by atoms with Crippen molar-refractivity contribution in [3.8, 4) is 0 Å². The number of amides is 1. The van der Waals surface area contributed by atoms with Crippen LogP contribution in [0.15, 0.2) is 0 Å². The largest absolute Gasteiger partial charge is 0.465 e. The number of carbonyl (C=O) groups excluding carboxylic acids is 2. The van der Waals surface area contributed by atoms with Crippen molar-refractivity contribution in [3.05, 3.63) is 16.0 Å². The summed E-state index contributed by atoms with van der Waals surface area (Å²) >= 11 is 0.353. The number of rotatable bonds is 7. The van der Waals surface area contributed by atoms with Gasteiger partial charge >= 0.3 is 47.7 Å². The van der Waals surface area contributed by atoms with E-state index in [2.05, 4.69) is 4.74 Å². The number of esters is 1. The molecule has 1 aliphatic carbocycles. The molecule has 0 aromatic carbocycles. The Kier molecular flexibility index (Phi) is 6.70. The molecule has 0 aliphatic heterocycles. The SMILES string of the molecule is COC(=O)c1c(NC(=O)C(F)(F)C(F)(F)C(F)(F)C(F)(F)C(F)(F)C(F)(F)F)sc2c1CCC2. The summed E-state index contributed by atoms with van der Waals surface area (Å²) < 4.78 is 176. The van der Waals surface area contributed by atoms with E-state index >= 15 is 0 Å². The number of hydrogen-bond acceptors (Lipinski definition) is 4. The Bertz CT molecular complexity index is 984. The van der Waals surface area contributed by atoms with Crippen LogP contribution in [0.4, 0.5) is 62.1 Å². The van der Waals surface area contributed by atoms with E-state index in [-0.39, 0.29) is 23.3 Å². The van der Waals surface area contributed by atoms with E-state index in [1.165, 1.54) is 0 Å². The zero-order chi connectivity index (χ0) is 26.7. The molecule has 1 heterocycles. The molecule has 1 aromatic heterocycles. The maximum Gasteiger partial charge on any atom is 0.460 e. The van der Waals surface area contributed by atoms with E-state index in [0.29, 0.717) is 17.8 Å². The highest BCUT2D eigenvalue weighted by atomic mass is 32.1. The van der Waals surface area contributed by atoms with Gasteiger partial charge < -0.3 is 10.1 Å². The van der Waals surface area contributed by atoms with Crippen molar-refractivity contribution in [1.82, 2.24) is 0 Å². The van der Waals surface area contributed by atoms with Crippen molar-refractivity contribution in [3.63, 3.8) is 0 Å². The number of alkyl halides is 13. The zero-order valence-corrected chi connectivity index (χ0v) is 17.0. The minimum absolute atomic E-state index is 0.121. The van der Waals surface area contributed by atoms with Gasteiger partial charge in [-0.25, -0.2) is 4.79 Å². The molecule has 34 heavy (non-hydrogen) atoms. The molecule has 1 amide bonds. The van der Waals surface area contributed by atoms with Crippen LogP contribution in [0.2, 0.25) is 0 Å². The lowest BCUT2D eigenvalue weighted by Crippen LogP contribution is -2.71. The standard InChI is InChI=1S/C16H10F13NO3S/c1-33-9(31)7-5-3-2-4-6(5)34-8(7)30-10(32)11(17,18)12(19,20)13(21,22)14(23,24)15(25,26)16(27,28)29/h2-4H2,1H3,(H,30,32). The first-order chi connectivity index (χ1) is 15.1. The molecule has 0 saturated carbocycles. The first-order valence-electron chi connectivity index (χ1n) is 8.59. The van der Waals surface area contributed by atoms with Gasteiger partial charge in [-0.3, -0.25) is 4.79 Å². The first-order valence-corrected chi connectivity index (χ1v) is 9.41. The summed E-state index contributed by atoms with van der Waals surface area (Å²) in [6.45, 7) is 0. The predicted octanol–water partition coefficient (Wildman–Crippen LogP) is 5.70. The summed E-state index contributed by atoms with van der Waals surface area (Å²) in [4.78, 5) is 23.9. The van der Waals surface area contributed by atoms with Gasteiger partial charge in [-0.2, -0.15) is 57.1 Å². The monoisotopic (exact) mass is 543 g/mol. The van der Waals surface area contributed by atoms with Crippen molar-refractivity contribution >= 4 is 28.2 Å². The van der Waals surface area contributed by atoms with Crippen LogP contribution in [-0.4, -0.2) is 54.8 Å². The third kappa shape index (κ3) is 3.77. The summed E-state index contributed by atoms with van der Waals surface area (Å²) in [5.74, 6) is -43.6. The molecule has 0 radical (unpaired) electrons. The summed E-state index contributed by atoms with van der Waals surface area (Å²) in [6.07, 6.45) is -6.79. The van der Waals surface area contributed by atoms with E-state index < -0.39 is 58.2 Å². The Labute approximate surface area is 184 Å². The minimum atomic E-state index is -8.12. The molecular weight excluding hydrogens is 533 g/mol. The molecule has 0 unspecified atom stereocenters. The number of aryl methyl sites for hydroxylation is 1. The van der Waals surface area contributed by atoms with Gasteiger partial charge in [0, 0.05) is 4.88 Å². The Morgan fingerprint density at radius 2 is 1.29 bits per heavy atom. The topological polar surface area (TPSA) is 55.4 Å². The molecule has 194 valence electrons. The van der Waals surface area contributed by atoms with Crippen molar-refractivity contribution in [1.29, 1.82) is 0 Å². The van der Waals surface area contributed by atoms with Gasteiger partial charge in [0.25, 0.3) is 0 Å². The summed E-state index contributed by atoms with van der Waals surface area (Å²) in [5, 5.41) is 0.0176. The van der Waals surface area contributed by atoms with Crippen LogP contribution < -0.4 is 5.32 Å². The Balaban J connectivity index is 2.49. The number of thiophene rings is 1. The fraction of sp³-hybridized carbons (Fsp3) is 0.625. The molecule has 2 rings (SSSR count). The third-order valence-corrected chi connectivity index (χ3v) is 5.96. The van der Waals surface area contributed by atoms with Gasteiger partial charge in [0.2, 0.25) is 0 Å². The molecule has 0 saturated heterocycles. The molecule has 18 heteroatoms. The molecule has 0 fully saturated rings. The average molecular weight is 543 g/mol. The molecule has 0 bridgehead atoms. The normalized spacial score (nSPS) is 15.8. The molecule has 1 N–H and O–H groups in total. The van der Waals surface area contributed by atoms with Gasteiger partial charge in [0.15, 0.2) is 0 Å². The number of nitrogens with one attached hydrogen (secondary N) is 1. The smallest absolute Gasteiger partial charge is 0.460 e. The minimum Gasteiger partial charge on any atom is -0.465 e. The van der Waals surface area contributed by atoms with Gasteiger partial charge in [-0.1, -0.05) is 0 Å². The second-order valence-electron chi connectivity index (χ2n) is 6.88. The van der Waals surface area contributed by atoms with Crippen molar-refractivity contribution in [2.75, 3.05) is 12.4 Å². The third-order valence-electron chi connectivity index (χ3n) is 4.76. The summed E-state index contributed by atoms with van der Waals surface area (Å²) in [6, 6.07) is 0. The van der Waals surface area contributed by atoms with E-state index in [1.54, 1.807) is 0 Å². The highest BCUT2D eigenvalue weighted by Gasteiger charge is 2.91. The number of ether oxygens (including phenoxy) is 1. The van der Waals surface area contributed by atoms with Crippen molar-refractivity contribution in [2.24, 2.45) is 0 Å². The van der Waals surface area contributed by atoms with E-state index in [0.717, 1.165) is 12.4 Å². The quantitative estimate of drug-likeness (QED) is 0.355. The van der Waals surface area contributed by atoms with Crippen LogP contribution in [0.3, 0.4) is 0 Å². The fourth-order valence-corrected chi connectivity index (χ4v) is 4.18. The lowest BCUT2D eigenvalue weighted by Gasteiger charge is -2.39. The Morgan fingerprint density at radius 1 is 0.794 bits per heavy atom. The van der Waals surface area contributed by atoms with Gasteiger partial charge in [-0.05, 0) is 24.8 Å². The lowest BCUT2D eigenvalue weighted by molar-refractivity contribution is -0.435. The molecule has 4 nitrogen and oxygen atoms in total. The number of anilines is 1. The second-order valence-corrected chi connectivity index (χ2v) is 7.98. The lowest BCUT2D eigenvalue weighted by atomic mass is 9.93. The van der Waals surface area contributed by atoms with Gasteiger partial charge in [0.1, 0.15) is 5.00 Å². The molecular formula is C16H10F13NO3S. The molecule has 1 aromatic rings. The van der Waals surface area contributed by atoms with Crippen molar-refractivity contribution < 1.29 is 71.4 Å². The van der Waals surface area contributed by atoms with Crippen LogP contribution >= 0.6 is 11.3 Å².